The lowest BCUT2D eigenvalue weighted by molar-refractivity contribution is -0.00512. The molecule has 0 saturated carbocycles. The molecule has 3 nitrogen and oxygen atoms in total. The van der Waals surface area contributed by atoms with E-state index in [-0.39, 0.29) is 17.3 Å². The molecule has 2 rings (SSSR count). The molecule has 1 N–H and O–H groups in total. The third kappa shape index (κ3) is 4.02. The lowest BCUT2D eigenvalue weighted by Gasteiger charge is -2.41. The summed E-state index contributed by atoms with van der Waals surface area (Å²) in [7, 11) is 4.08. The average molecular weight is 294 g/mol. The molecule has 118 valence electrons. The van der Waals surface area contributed by atoms with Crippen LogP contribution in [0, 0.1) is 11.2 Å². The Morgan fingerprint density at radius 3 is 2.62 bits per heavy atom. The third-order valence-electron chi connectivity index (χ3n) is 4.71. The number of hydrogen-bond acceptors (Lipinski definition) is 3. The number of nitrogens with zero attached hydrogens (tertiary/aromatic N) is 1. The van der Waals surface area contributed by atoms with E-state index in [0.29, 0.717) is 0 Å². The molecule has 1 saturated heterocycles. The van der Waals surface area contributed by atoms with E-state index in [9.17, 15) is 4.39 Å². The van der Waals surface area contributed by atoms with Gasteiger partial charge in [0.15, 0.2) is 0 Å². The second-order valence-corrected chi connectivity index (χ2v) is 6.26. The first-order chi connectivity index (χ1) is 10.1. The van der Waals surface area contributed by atoms with Crippen LogP contribution in [-0.4, -0.2) is 45.3 Å². The van der Waals surface area contributed by atoms with Crippen molar-refractivity contribution in [3.8, 4) is 0 Å². The molecule has 1 fully saturated rings. The van der Waals surface area contributed by atoms with Crippen molar-refractivity contribution in [3.63, 3.8) is 0 Å². The number of rotatable bonds is 6. The van der Waals surface area contributed by atoms with E-state index in [1.54, 1.807) is 6.07 Å². The zero-order valence-corrected chi connectivity index (χ0v) is 13.4. The zero-order chi connectivity index (χ0) is 15.3. The van der Waals surface area contributed by atoms with Gasteiger partial charge >= 0.3 is 0 Å². The van der Waals surface area contributed by atoms with E-state index in [4.69, 9.17) is 4.74 Å². The second-order valence-electron chi connectivity index (χ2n) is 6.26. The molecule has 0 aromatic heterocycles. The van der Waals surface area contributed by atoms with E-state index in [0.717, 1.165) is 44.7 Å². The van der Waals surface area contributed by atoms with Crippen molar-refractivity contribution >= 4 is 0 Å². The third-order valence-corrected chi connectivity index (χ3v) is 4.71. The van der Waals surface area contributed by atoms with Crippen LogP contribution in [0.3, 0.4) is 0 Å². The Morgan fingerprint density at radius 1 is 1.33 bits per heavy atom. The van der Waals surface area contributed by atoms with Crippen molar-refractivity contribution in [2.24, 2.45) is 5.41 Å². The van der Waals surface area contributed by atoms with Gasteiger partial charge in [0.05, 0.1) is 0 Å². The number of nitrogens with one attached hydrogen (secondary N) is 1. The average Bonchev–Trinajstić information content (AvgIpc) is 2.48. The first-order valence-corrected chi connectivity index (χ1v) is 7.75. The van der Waals surface area contributed by atoms with E-state index < -0.39 is 0 Å². The maximum absolute atomic E-state index is 14.0. The fraction of sp³-hybridized carbons (Fsp3) is 0.647. The molecule has 21 heavy (non-hydrogen) atoms. The summed E-state index contributed by atoms with van der Waals surface area (Å²) in [5, 5.41) is 3.32. The molecule has 0 amide bonds. The number of hydrogen-bond donors (Lipinski definition) is 1. The zero-order valence-electron chi connectivity index (χ0n) is 13.4. The van der Waals surface area contributed by atoms with Crippen molar-refractivity contribution in [2.45, 2.75) is 25.8 Å². The van der Waals surface area contributed by atoms with Gasteiger partial charge in [0.1, 0.15) is 5.82 Å². The molecule has 1 aromatic carbocycles. The topological polar surface area (TPSA) is 24.5 Å². The van der Waals surface area contributed by atoms with Crippen LogP contribution in [0.15, 0.2) is 24.3 Å². The van der Waals surface area contributed by atoms with Crippen LogP contribution >= 0.6 is 0 Å². The Bertz CT molecular complexity index is 441. The molecule has 0 aliphatic carbocycles. The monoisotopic (exact) mass is 294 g/mol. The Labute approximate surface area is 127 Å². The summed E-state index contributed by atoms with van der Waals surface area (Å²) < 4.78 is 19.5. The molecule has 1 aliphatic heterocycles. The highest BCUT2D eigenvalue weighted by atomic mass is 19.1. The predicted molar refractivity (Wildman–Crippen MR) is 83.9 cm³/mol. The Balaban J connectivity index is 2.08. The maximum atomic E-state index is 14.0. The van der Waals surface area contributed by atoms with E-state index in [1.807, 2.05) is 19.2 Å². The Hall–Kier alpha value is -0.970. The minimum atomic E-state index is -0.119. The summed E-state index contributed by atoms with van der Waals surface area (Å²) in [4.78, 5) is 2.26. The van der Waals surface area contributed by atoms with Gasteiger partial charge < -0.3 is 10.1 Å². The largest absolute Gasteiger partial charge is 0.381 e. The molecule has 1 aliphatic rings. The Kier molecular flexibility index (Phi) is 5.73. The SMILES string of the molecule is CNCC1(CN(C)C(C)c2ccccc2F)CCOCC1. The summed E-state index contributed by atoms with van der Waals surface area (Å²) >= 11 is 0. The molecule has 1 aromatic rings. The fourth-order valence-electron chi connectivity index (χ4n) is 3.29. The van der Waals surface area contributed by atoms with Gasteiger partial charge in [-0.2, -0.15) is 0 Å². The number of halogens is 1. The van der Waals surface area contributed by atoms with Crippen LogP contribution in [0.5, 0.6) is 0 Å². The normalized spacial score (nSPS) is 19.7. The maximum Gasteiger partial charge on any atom is 0.127 e. The van der Waals surface area contributed by atoms with Crippen molar-refractivity contribution in [1.82, 2.24) is 10.2 Å². The quantitative estimate of drug-likeness (QED) is 0.873. The van der Waals surface area contributed by atoms with Crippen molar-refractivity contribution in [3.05, 3.63) is 35.6 Å². The Morgan fingerprint density at radius 2 is 2.00 bits per heavy atom. The highest BCUT2D eigenvalue weighted by Gasteiger charge is 2.34. The van der Waals surface area contributed by atoms with Gasteiger partial charge in [-0.1, -0.05) is 18.2 Å². The van der Waals surface area contributed by atoms with Crippen molar-refractivity contribution in [2.75, 3.05) is 40.4 Å². The second kappa shape index (κ2) is 7.34. The van der Waals surface area contributed by atoms with Gasteiger partial charge in [-0.3, -0.25) is 4.90 Å². The molecular weight excluding hydrogens is 267 g/mol. The summed E-state index contributed by atoms with van der Waals surface area (Å²) in [6, 6.07) is 7.14. The highest BCUT2D eigenvalue weighted by molar-refractivity contribution is 5.20. The lowest BCUT2D eigenvalue weighted by Crippen LogP contribution is -2.46. The summed E-state index contributed by atoms with van der Waals surface area (Å²) in [5.41, 5.74) is 0.994. The van der Waals surface area contributed by atoms with Crippen molar-refractivity contribution < 1.29 is 9.13 Å². The predicted octanol–water partition coefficient (Wildman–Crippen LogP) is 2.83. The van der Waals surface area contributed by atoms with E-state index in [1.165, 1.54) is 6.07 Å². The van der Waals surface area contributed by atoms with Crippen LogP contribution in [0.1, 0.15) is 31.4 Å². The standard InChI is InChI=1S/C17H27FN2O/c1-14(15-6-4-5-7-16(15)18)20(3)13-17(12-19-2)8-10-21-11-9-17/h4-7,14,19H,8-13H2,1-3H3. The van der Waals surface area contributed by atoms with Crippen LogP contribution in [-0.2, 0) is 4.74 Å². The van der Waals surface area contributed by atoms with Gasteiger partial charge in [0, 0.05) is 37.9 Å². The molecule has 0 bridgehead atoms. The van der Waals surface area contributed by atoms with Crippen LogP contribution in [0.25, 0.3) is 0 Å². The van der Waals surface area contributed by atoms with Gasteiger partial charge in [0.2, 0.25) is 0 Å². The van der Waals surface area contributed by atoms with Gasteiger partial charge in [-0.25, -0.2) is 4.39 Å². The molecule has 1 unspecified atom stereocenters. The highest BCUT2D eigenvalue weighted by Crippen LogP contribution is 2.33. The molecule has 1 heterocycles. The van der Waals surface area contributed by atoms with E-state index in [2.05, 4.69) is 24.2 Å². The van der Waals surface area contributed by atoms with Crippen LogP contribution in [0.2, 0.25) is 0 Å². The van der Waals surface area contributed by atoms with Crippen molar-refractivity contribution in [1.29, 1.82) is 0 Å². The summed E-state index contributed by atoms with van der Waals surface area (Å²) in [5.74, 6) is -0.119. The fourth-order valence-corrected chi connectivity index (χ4v) is 3.29. The minimum Gasteiger partial charge on any atom is -0.381 e. The lowest BCUT2D eigenvalue weighted by atomic mass is 9.79. The molecule has 0 spiro atoms. The first kappa shape index (κ1) is 16.4. The summed E-state index contributed by atoms with van der Waals surface area (Å²) in [6.45, 7) is 5.65. The van der Waals surface area contributed by atoms with Gasteiger partial charge in [0.25, 0.3) is 0 Å². The number of benzene rings is 1. The van der Waals surface area contributed by atoms with Gasteiger partial charge in [-0.15, -0.1) is 0 Å². The van der Waals surface area contributed by atoms with Gasteiger partial charge in [-0.05, 0) is 45.3 Å². The first-order valence-electron chi connectivity index (χ1n) is 7.75. The molecule has 0 radical (unpaired) electrons. The molecule has 1 atom stereocenters. The number of ether oxygens (including phenoxy) is 1. The van der Waals surface area contributed by atoms with Crippen LogP contribution < -0.4 is 5.32 Å². The van der Waals surface area contributed by atoms with E-state index >= 15 is 0 Å². The summed E-state index contributed by atoms with van der Waals surface area (Å²) in [6.07, 6.45) is 2.12. The molecular formula is C17H27FN2O. The smallest absolute Gasteiger partial charge is 0.127 e. The minimum absolute atomic E-state index is 0.0720. The van der Waals surface area contributed by atoms with Crippen LogP contribution in [0.4, 0.5) is 4.39 Å². The molecule has 4 heteroatoms.